The third-order valence-electron chi connectivity index (χ3n) is 4.68. The molecule has 0 saturated heterocycles. The molecule has 0 atom stereocenters. The van der Waals surface area contributed by atoms with E-state index in [1.807, 2.05) is 48.5 Å². The molecule has 2 aromatic carbocycles. The first kappa shape index (κ1) is 16.0. The number of H-pyrrole nitrogens is 1. The lowest BCUT2D eigenvalue weighted by Gasteiger charge is -2.30. The second kappa shape index (κ2) is 8.41. The summed E-state index contributed by atoms with van der Waals surface area (Å²) in [5.41, 5.74) is 2.63. The first-order valence-corrected chi connectivity index (χ1v) is 9.32. The molecule has 3 aromatic rings. The summed E-state index contributed by atoms with van der Waals surface area (Å²) in [5, 5.41) is 0.830. The molecule has 0 saturated carbocycles. The molecule has 1 aromatic heterocycles. The van der Waals surface area contributed by atoms with Crippen LogP contribution in [0, 0.1) is 0 Å². The van der Waals surface area contributed by atoms with Gasteiger partial charge in [-0.2, -0.15) is 0 Å². The van der Waals surface area contributed by atoms with Crippen LogP contribution >= 0.6 is 0 Å². The van der Waals surface area contributed by atoms with Crippen molar-refractivity contribution < 1.29 is 7.48 Å². The highest BCUT2D eigenvalue weighted by atomic mass is 16.5. The minimum Gasteiger partial charge on any atom is -0.488 e. The van der Waals surface area contributed by atoms with Crippen molar-refractivity contribution in [2.75, 3.05) is 6.54 Å². The van der Waals surface area contributed by atoms with Crippen LogP contribution in [0.15, 0.2) is 54.7 Å². The Morgan fingerprint density at radius 2 is 1.73 bits per heavy atom. The zero-order valence-electron chi connectivity index (χ0n) is 18.1. The van der Waals surface area contributed by atoms with Gasteiger partial charge in [-0.3, -0.25) is 4.90 Å². The highest BCUT2D eigenvalue weighted by Gasteiger charge is 2.15. The Bertz CT molecular complexity index is 895. The van der Waals surface area contributed by atoms with Crippen LogP contribution in [0.4, 0.5) is 0 Å². The van der Waals surface area contributed by atoms with E-state index in [2.05, 4.69) is 37.6 Å². The molecular formula is C23H30N2O. The maximum absolute atomic E-state index is 8.83. The van der Waals surface area contributed by atoms with Crippen LogP contribution in [-0.2, 0) is 13.0 Å². The Kier molecular flexibility index (Phi) is 5.16. The largest absolute Gasteiger partial charge is 0.488 e. The predicted octanol–water partition coefficient (Wildman–Crippen LogP) is 5.41. The number of nitrogens with one attached hydrogen (secondary N) is 1. The minimum atomic E-state index is -1.50. The summed E-state index contributed by atoms with van der Waals surface area (Å²) < 4.78 is 23.7. The topological polar surface area (TPSA) is 28.3 Å². The second-order valence-electron chi connectivity index (χ2n) is 7.19. The van der Waals surface area contributed by atoms with Gasteiger partial charge < -0.3 is 9.72 Å². The number of aromatic amines is 1. The van der Waals surface area contributed by atoms with Gasteiger partial charge >= 0.3 is 0 Å². The highest BCUT2D eigenvalue weighted by molar-refractivity contribution is 5.89. The molecule has 0 unspecified atom stereocenters. The number of hydrogen-bond donors (Lipinski definition) is 1. The van der Waals surface area contributed by atoms with Gasteiger partial charge in [-0.25, -0.2) is 0 Å². The van der Waals surface area contributed by atoms with E-state index in [4.69, 9.17) is 7.48 Å². The van der Waals surface area contributed by atoms with Gasteiger partial charge in [-0.15, -0.1) is 0 Å². The smallest absolute Gasteiger partial charge is 0.129 e. The van der Waals surface area contributed by atoms with Gasteiger partial charge in [-0.1, -0.05) is 36.4 Å². The van der Waals surface area contributed by atoms with E-state index in [0.717, 1.165) is 16.5 Å². The van der Waals surface area contributed by atoms with Crippen molar-refractivity contribution in [3.63, 3.8) is 0 Å². The standard InChI is InChI=1S/C23H30N2O/c1-17(2)25(18(3)4)14-13-20-15-24-21-11-8-12-22(23(20)21)26-16-19-9-6-5-7-10-19/h5-12,15,17-18,24H,13-14,16H2,1-4H3/i13D2. The van der Waals surface area contributed by atoms with E-state index in [1.54, 1.807) is 6.20 Å². The SMILES string of the molecule is [2H]C([2H])(CN(C(C)C)C(C)C)c1c[nH]c2cccc(OCc3ccccc3)c12. The Hall–Kier alpha value is -2.26. The fraction of sp³-hybridized carbons (Fsp3) is 0.391. The molecule has 1 heterocycles. The molecule has 3 nitrogen and oxygen atoms in total. The van der Waals surface area contributed by atoms with E-state index in [1.165, 1.54) is 0 Å². The van der Waals surface area contributed by atoms with Crippen molar-refractivity contribution in [3.8, 4) is 5.75 Å². The number of aromatic nitrogens is 1. The highest BCUT2D eigenvalue weighted by Crippen LogP contribution is 2.30. The lowest BCUT2D eigenvalue weighted by atomic mass is 10.1. The Labute approximate surface area is 159 Å². The number of nitrogens with zero attached hydrogens (tertiary/aromatic N) is 1. The fourth-order valence-electron chi connectivity index (χ4n) is 3.28. The minimum absolute atomic E-state index is 0.272. The summed E-state index contributed by atoms with van der Waals surface area (Å²) in [7, 11) is 0. The molecule has 3 rings (SSSR count). The molecule has 0 aliphatic rings. The molecule has 0 aliphatic carbocycles. The van der Waals surface area contributed by atoms with Gasteiger partial charge in [0.25, 0.3) is 0 Å². The first-order chi connectivity index (χ1) is 13.3. The van der Waals surface area contributed by atoms with Crippen LogP contribution in [0.5, 0.6) is 5.75 Å². The van der Waals surface area contributed by atoms with Crippen LogP contribution in [0.3, 0.4) is 0 Å². The average Bonchev–Trinajstić information content (AvgIpc) is 3.10. The molecule has 0 radical (unpaired) electrons. The normalized spacial score (nSPS) is 13.5. The number of ether oxygens (including phenoxy) is 1. The molecule has 0 spiro atoms. The van der Waals surface area contributed by atoms with Gasteiger partial charge in [0.1, 0.15) is 12.4 Å². The van der Waals surface area contributed by atoms with Crippen LogP contribution in [0.2, 0.25) is 0 Å². The molecule has 138 valence electrons. The van der Waals surface area contributed by atoms with Gasteiger partial charge in [0, 0.05) is 38.5 Å². The Morgan fingerprint density at radius 3 is 2.42 bits per heavy atom. The van der Waals surface area contributed by atoms with E-state index in [-0.39, 0.29) is 12.1 Å². The maximum Gasteiger partial charge on any atom is 0.129 e. The zero-order valence-corrected chi connectivity index (χ0v) is 16.1. The lowest BCUT2D eigenvalue weighted by molar-refractivity contribution is 0.177. The summed E-state index contributed by atoms with van der Waals surface area (Å²) in [6.07, 6.45) is 0.290. The summed E-state index contributed by atoms with van der Waals surface area (Å²) in [4.78, 5) is 5.41. The third kappa shape index (κ3) is 4.28. The summed E-state index contributed by atoms with van der Waals surface area (Å²) in [6.45, 7) is 9.23. The maximum atomic E-state index is 8.83. The summed E-state index contributed by atoms with van der Waals surface area (Å²) >= 11 is 0. The van der Waals surface area contributed by atoms with Gasteiger partial charge in [0.05, 0.1) is 0 Å². The van der Waals surface area contributed by atoms with Crippen molar-refractivity contribution in [2.24, 2.45) is 0 Å². The van der Waals surface area contributed by atoms with E-state index in [9.17, 15) is 0 Å². The van der Waals surface area contributed by atoms with E-state index in [0.29, 0.717) is 24.5 Å². The molecule has 0 amide bonds. The molecule has 0 fully saturated rings. The second-order valence-corrected chi connectivity index (χ2v) is 7.19. The van der Waals surface area contributed by atoms with Crippen LogP contribution in [0.1, 0.15) is 41.6 Å². The first-order valence-electron chi connectivity index (χ1n) is 10.3. The number of rotatable bonds is 8. The van der Waals surface area contributed by atoms with Crippen molar-refractivity contribution in [1.29, 1.82) is 0 Å². The van der Waals surface area contributed by atoms with E-state index >= 15 is 0 Å². The molecule has 0 aliphatic heterocycles. The third-order valence-corrected chi connectivity index (χ3v) is 4.68. The van der Waals surface area contributed by atoms with Crippen LogP contribution in [-0.4, -0.2) is 28.5 Å². The predicted molar refractivity (Wildman–Crippen MR) is 110 cm³/mol. The quantitative estimate of drug-likeness (QED) is 0.587. The zero-order chi connectivity index (χ0) is 20.3. The molecule has 3 heteroatoms. The summed E-state index contributed by atoms with van der Waals surface area (Å²) in [5.74, 6) is 0.710. The number of benzene rings is 2. The van der Waals surface area contributed by atoms with Gasteiger partial charge in [0.15, 0.2) is 0 Å². The molecule has 26 heavy (non-hydrogen) atoms. The Morgan fingerprint density at radius 1 is 1.00 bits per heavy atom. The molecular weight excluding hydrogens is 320 g/mol. The molecule has 0 bridgehead atoms. The monoisotopic (exact) mass is 352 g/mol. The Balaban J connectivity index is 1.93. The fourth-order valence-corrected chi connectivity index (χ4v) is 3.28. The van der Waals surface area contributed by atoms with Crippen LogP contribution < -0.4 is 4.74 Å². The molecule has 1 N–H and O–H groups in total. The average molecular weight is 353 g/mol. The van der Waals surface area contributed by atoms with Crippen molar-refractivity contribution in [1.82, 2.24) is 9.88 Å². The lowest BCUT2D eigenvalue weighted by Crippen LogP contribution is -2.38. The van der Waals surface area contributed by atoms with Crippen molar-refractivity contribution >= 4 is 10.9 Å². The van der Waals surface area contributed by atoms with Crippen molar-refractivity contribution in [2.45, 2.75) is 52.8 Å². The summed E-state index contributed by atoms with van der Waals surface area (Å²) in [6, 6.07) is 16.4. The van der Waals surface area contributed by atoms with Crippen LogP contribution in [0.25, 0.3) is 10.9 Å². The number of fused-ring (bicyclic) bond motifs is 1. The van der Waals surface area contributed by atoms with E-state index < -0.39 is 6.37 Å². The number of hydrogen-bond acceptors (Lipinski definition) is 2. The van der Waals surface area contributed by atoms with Gasteiger partial charge in [-0.05, 0) is 57.3 Å². The van der Waals surface area contributed by atoms with Gasteiger partial charge in [0.2, 0.25) is 0 Å². The van der Waals surface area contributed by atoms with Crippen molar-refractivity contribution in [3.05, 3.63) is 65.9 Å².